The summed E-state index contributed by atoms with van der Waals surface area (Å²) in [5, 5.41) is 11.6. The van der Waals surface area contributed by atoms with Crippen LogP contribution in [-0.4, -0.2) is 26.6 Å². The van der Waals surface area contributed by atoms with Crippen LogP contribution in [0, 0.1) is 0 Å². The molecule has 0 amide bonds. The minimum absolute atomic E-state index is 0.0667. The van der Waals surface area contributed by atoms with Crippen LogP contribution < -0.4 is 4.90 Å². The average molecular weight is 377 g/mol. The van der Waals surface area contributed by atoms with E-state index in [1.807, 2.05) is 36.4 Å². The maximum absolute atomic E-state index is 9.72. The van der Waals surface area contributed by atoms with Crippen molar-refractivity contribution < 1.29 is 5.11 Å². The topological polar surface area (TPSA) is 65.0 Å². The summed E-state index contributed by atoms with van der Waals surface area (Å²) in [6.07, 6.45) is 4.40. The first-order valence-electron chi connectivity index (χ1n) is 8.83. The number of aromatic nitrogens is 3. The highest BCUT2D eigenvalue weighted by molar-refractivity contribution is 6.31. The van der Waals surface area contributed by atoms with E-state index >= 15 is 0 Å². The number of H-pyrrole nitrogens is 1. The molecule has 2 aromatic heterocycles. The first-order chi connectivity index (χ1) is 13.2. The van der Waals surface area contributed by atoms with Crippen LogP contribution in [0.4, 0.5) is 5.95 Å². The minimum atomic E-state index is -0.0667. The molecule has 0 radical (unpaired) electrons. The molecule has 2 N–H and O–H groups in total. The summed E-state index contributed by atoms with van der Waals surface area (Å²) in [5.74, 6) is 0.943. The van der Waals surface area contributed by atoms with Gasteiger partial charge in [-0.1, -0.05) is 23.7 Å². The van der Waals surface area contributed by atoms with E-state index in [4.69, 9.17) is 11.6 Å². The molecule has 5 nitrogen and oxygen atoms in total. The molecule has 0 spiro atoms. The van der Waals surface area contributed by atoms with Gasteiger partial charge >= 0.3 is 0 Å². The number of benzene rings is 2. The summed E-state index contributed by atoms with van der Waals surface area (Å²) in [7, 11) is 0. The maximum Gasteiger partial charge on any atom is 0.226 e. The summed E-state index contributed by atoms with van der Waals surface area (Å²) in [6, 6.07) is 15.0. The second kappa shape index (κ2) is 6.28. The van der Waals surface area contributed by atoms with Gasteiger partial charge in [0, 0.05) is 40.6 Å². The van der Waals surface area contributed by atoms with Crippen LogP contribution in [0.25, 0.3) is 10.9 Å². The zero-order valence-corrected chi connectivity index (χ0v) is 15.2. The number of phenolic OH excluding ortho intramolecular Hbond substituents is 1. The Morgan fingerprint density at radius 2 is 1.85 bits per heavy atom. The number of halogens is 1. The number of hydrogen-bond acceptors (Lipinski definition) is 4. The number of aromatic amines is 1. The Morgan fingerprint density at radius 1 is 1.07 bits per heavy atom. The third-order valence-electron chi connectivity index (χ3n) is 5.11. The number of nitrogens with one attached hydrogen (secondary N) is 1. The Hall–Kier alpha value is -3.05. The smallest absolute Gasteiger partial charge is 0.226 e. The molecule has 0 bridgehead atoms. The summed E-state index contributed by atoms with van der Waals surface area (Å²) in [4.78, 5) is 14.7. The molecule has 5 rings (SSSR count). The van der Waals surface area contributed by atoms with Crippen molar-refractivity contribution in [2.24, 2.45) is 0 Å². The molecule has 0 aliphatic carbocycles. The van der Waals surface area contributed by atoms with Crippen LogP contribution >= 0.6 is 11.6 Å². The zero-order chi connectivity index (χ0) is 18.4. The lowest BCUT2D eigenvalue weighted by atomic mass is 9.92. The number of fused-ring (bicyclic) bond motifs is 3. The molecule has 2 aromatic carbocycles. The number of aromatic hydroxyl groups is 1. The number of phenols is 1. The summed E-state index contributed by atoms with van der Waals surface area (Å²) in [6.45, 7) is 0.794. The van der Waals surface area contributed by atoms with Crippen molar-refractivity contribution in [1.29, 1.82) is 0 Å². The first-order valence-corrected chi connectivity index (χ1v) is 9.21. The van der Waals surface area contributed by atoms with Gasteiger partial charge in [0.05, 0.1) is 6.04 Å². The molecule has 1 unspecified atom stereocenters. The minimum Gasteiger partial charge on any atom is -0.508 e. The fraction of sp³-hybridized carbons (Fsp3) is 0.143. The van der Waals surface area contributed by atoms with Gasteiger partial charge in [0.25, 0.3) is 0 Å². The molecule has 0 saturated heterocycles. The first kappa shape index (κ1) is 16.1. The van der Waals surface area contributed by atoms with Gasteiger partial charge in [-0.2, -0.15) is 0 Å². The van der Waals surface area contributed by atoms with Crippen LogP contribution in [0.5, 0.6) is 5.75 Å². The highest BCUT2D eigenvalue weighted by Crippen LogP contribution is 2.40. The normalized spacial score (nSPS) is 16.5. The molecule has 1 aliphatic heterocycles. The lowest BCUT2D eigenvalue weighted by Gasteiger charge is -2.36. The number of anilines is 1. The van der Waals surface area contributed by atoms with Crippen molar-refractivity contribution in [3.05, 3.63) is 82.8 Å². The van der Waals surface area contributed by atoms with Crippen LogP contribution in [-0.2, 0) is 6.42 Å². The second-order valence-electron chi connectivity index (χ2n) is 6.69. The van der Waals surface area contributed by atoms with Crippen molar-refractivity contribution >= 4 is 28.5 Å². The molecule has 27 heavy (non-hydrogen) atoms. The SMILES string of the molecule is Oc1ccc(C2c3[nH]c4ccc(Cl)cc4c3CCN2c2ncccn2)cc1. The maximum atomic E-state index is 9.72. The Bertz CT molecular complexity index is 1110. The van der Waals surface area contributed by atoms with Gasteiger partial charge in [-0.3, -0.25) is 0 Å². The largest absolute Gasteiger partial charge is 0.508 e. The van der Waals surface area contributed by atoms with Crippen molar-refractivity contribution in [3.63, 3.8) is 0 Å². The van der Waals surface area contributed by atoms with E-state index in [0.29, 0.717) is 5.95 Å². The Balaban J connectivity index is 1.72. The van der Waals surface area contributed by atoms with Gasteiger partial charge < -0.3 is 15.0 Å². The van der Waals surface area contributed by atoms with Gasteiger partial charge in [-0.05, 0) is 53.9 Å². The van der Waals surface area contributed by atoms with Gasteiger partial charge in [0.2, 0.25) is 5.95 Å². The molecule has 0 saturated carbocycles. The van der Waals surface area contributed by atoms with E-state index in [-0.39, 0.29) is 11.8 Å². The fourth-order valence-corrected chi connectivity index (χ4v) is 4.09. The monoisotopic (exact) mass is 376 g/mol. The van der Waals surface area contributed by atoms with Gasteiger partial charge in [0.15, 0.2) is 0 Å². The Kier molecular flexibility index (Phi) is 3.76. The third kappa shape index (κ3) is 2.71. The summed E-state index contributed by atoms with van der Waals surface area (Å²) >= 11 is 6.24. The highest BCUT2D eigenvalue weighted by Gasteiger charge is 2.33. The van der Waals surface area contributed by atoms with E-state index in [0.717, 1.165) is 40.1 Å². The Labute approximate surface area is 161 Å². The van der Waals surface area contributed by atoms with E-state index in [1.165, 1.54) is 5.56 Å². The van der Waals surface area contributed by atoms with E-state index < -0.39 is 0 Å². The predicted molar refractivity (Wildman–Crippen MR) is 106 cm³/mol. The third-order valence-corrected chi connectivity index (χ3v) is 5.34. The number of hydrogen-bond donors (Lipinski definition) is 2. The summed E-state index contributed by atoms with van der Waals surface area (Å²) < 4.78 is 0. The van der Waals surface area contributed by atoms with Crippen LogP contribution in [0.2, 0.25) is 5.02 Å². The van der Waals surface area contributed by atoms with Gasteiger partial charge in [-0.15, -0.1) is 0 Å². The summed E-state index contributed by atoms with van der Waals surface area (Å²) in [5.41, 5.74) is 4.54. The van der Waals surface area contributed by atoms with Crippen LogP contribution in [0.15, 0.2) is 60.9 Å². The predicted octanol–water partition coefficient (Wildman–Crippen LogP) is 4.47. The molecule has 3 heterocycles. The zero-order valence-electron chi connectivity index (χ0n) is 14.4. The lowest BCUT2D eigenvalue weighted by molar-refractivity contribution is 0.474. The number of rotatable bonds is 2. The molecule has 0 fully saturated rings. The van der Waals surface area contributed by atoms with Crippen molar-refractivity contribution in [2.75, 3.05) is 11.4 Å². The van der Waals surface area contributed by atoms with Crippen molar-refractivity contribution in [1.82, 2.24) is 15.0 Å². The van der Waals surface area contributed by atoms with Crippen LogP contribution in [0.1, 0.15) is 22.9 Å². The van der Waals surface area contributed by atoms with E-state index in [2.05, 4.69) is 19.9 Å². The van der Waals surface area contributed by atoms with Crippen molar-refractivity contribution in [3.8, 4) is 5.75 Å². The quantitative estimate of drug-likeness (QED) is 0.541. The van der Waals surface area contributed by atoms with Crippen LogP contribution in [0.3, 0.4) is 0 Å². The molecule has 1 atom stereocenters. The molecule has 1 aliphatic rings. The lowest BCUT2D eigenvalue weighted by Crippen LogP contribution is -2.37. The highest BCUT2D eigenvalue weighted by atomic mass is 35.5. The van der Waals surface area contributed by atoms with Crippen molar-refractivity contribution in [2.45, 2.75) is 12.5 Å². The molecule has 4 aromatic rings. The fourth-order valence-electron chi connectivity index (χ4n) is 3.92. The van der Waals surface area contributed by atoms with E-state index in [9.17, 15) is 5.11 Å². The average Bonchev–Trinajstić information content (AvgIpc) is 3.06. The Morgan fingerprint density at radius 3 is 2.63 bits per heavy atom. The standard InChI is InChI=1S/C21H17ClN4O/c22-14-4-7-18-17(12-14)16-8-11-26(21-23-9-1-10-24-21)20(19(16)25-18)13-2-5-15(27)6-3-13/h1-7,9-10,12,20,25,27H,8,11H2. The molecule has 6 heteroatoms. The second-order valence-corrected chi connectivity index (χ2v) is 7.13. The molecular formula is C21H17ClN4O. The molecule has 134 valence electrons. The van der Waals surface area contributed by atoms with Gasteiger partial charge in [-0.25, -0.2) is 9.97 Å². The van der Waals surface area contributed by atoms with E-state index in [1.54, 1.807) is 24.5 Å². The number of nitrogens with zero attached hydrogens (tertiary/aromatic N) is 3. The van der Waals surface area contributed by atoms with Gasteiger partial charge in [0.1, 0.15) is 5.75 Å². The molecular weight excluding hydrogens is 360 g/mol.